The summed E-state index contributed by atoms with van der Waals surface area (Å²) in [6, 6.07) is 15.6. The highest BCUT2D eigenvalue weighted by Gasteiger charge is 2.09. The zero-order valence-electron chi connectivity index (χ0n) is 10.3. The lowest BCUT2D eigenvalue weighted by Gasteiger charge is -2.15. The molecule has 0 heterocycles. The van der Waals surface area contributed by atoms with Gasteiger partial charge in [-0.25, -0.2) is 0 Å². The van der Waals surface area contributed by atoms with E-state index in [2.05, 4.69) is 5.29 Å². The van der Waals surface area contributed by atoms with Crippen molar-refractivity contribution in [3.8, 4) is 5.75 Å². The Bertz CT molecular complexity index is 567. The fraction of sp³-hybridized carbons (Fsp3) is 0.0714. The summed E-state index contributed by atoms with van der Waals surface area (Å²) in [7, 11) is 0. The molecule has 19 heavy (non-hydrogen) atoms. The number of ether oxygens (including phenoxy) is 1. The van der Waals surface area contributed by atoms with E-state index < -0.39 is 0 Å². The first-order valence-corrected chi connectivity index (χ1v) is 5.67. The third kappa shape index (κ3) is 3.16. The Morgan fingerprint density at radius 3 is 2.11 bits per heavy atom. The third-order valence-electron chi connectivity index (χ3n) is 2.43. The Labute approximate surface area is 110 Å². The summed E-state index contributed by atoms with van der Waals surface area (Å²) in [5.41, 5.74) is 1.26. The van der Waals surface area contributed by atoms with E-state index in [0.717, 1.165) is 0 Å². The van der Waals surface area contributed by atoms with Crippen molar-refractivity contribution < 1.29 is 9.53 Å². The molecule has 0 bridgehead atoms. The molecule has 2 aromatic rings. The number of esters is 1. The molecule has 0 fully saturated rings. The lowest BCUT2D eigenvalue weighted by atomic mass is 10.2. The third-order valence-corrected chi connectivity index (χ3v) is 2.43. The second kappa shape index (κ2) is 5.77. The second-order valence-electron chi connectivity index (χ2n) is 3.82. The number of hydrogen-bond donors (Lipinski definition) is 0. The van der Waals surface area contributed by atoms with Crippen molar-refractivity contribution in [1.29, 1.82) is 0 Å². The monoisotopic (exact) mass is 256 g/mol. The lowest BCUT2D eigenvalue weighted by molar-refractivity contribution is -0.131. The Balaban J connectivity index is 2.25. The van der Waals surface area contributed by atoms with Crippen LogP contribution in [0.25, 0.3) is 0 Å². The van der Waals surface area contributed by atoms with Gasteiger partial charge in [0.05, 0.1) is 16.7 Å². The van der Waals surface area contributed by atoms with Crippen LogP contribution in [0.15, 0.2) is 59.9 Å². The van der Waals surface area contributed by atoms with E-state index in [1.54, 1.807) is 36.4 Å². The van der Waals surface area contributed by atoms with Gasteiger partial charge in [0.15, 0.2) is 0 Å². The molecule has 0 aliphatic rings. The smallest absolute Gasteiger partial charge is 0.308 e. The van der Waals surface area contributed by atoms with Gasteiger partial charge in [-0.3, -0.25) is 4.79 Å². The van der Waals surface area contributed by atoms with E-state index in [4.69, 9.17) is 4.74 Å². The molecular weight excluding hydrogens is 244 g/mol. The van der Waals surface area contributed by atoms with Crippen LogP contribution < -0.4 is 9.75 Å². The number of hydrogen-bond acceptors (Lipinski definition) is 4. The van der Waals surface area contributed by atoms with Crippen LogP contribution in [-0.4, -0.2) is 5.97 Å². The molecule has 0 aliphatic heterocycles. The Kier molecular flexibility index (Phi) is 3.87. The van der Waals surface area contributed by atoms with Crippen LogP contribution in [0.1, 0.15) is 6.92 Å². The van der Waals surface area contributed by atoms with Gasteiger partial charge < -0.3 is 4.74 Å². The van der Waals surface area contributed by atoms with Crippen molar-refractivity contribution >= 4 is 17.3 Å². The minimum Gasteiger partial charge on any atom is -0.427 e. The standard InChI is InChI=1S/C14H12N2O3/c1-11(17)19-14-9-7-13(8-10-14)16(15-18)12-5-3-2-4-6-12/h2-10H,1H3. The van der Waals surface area contributed by atoms with Gasteiger partial charge in [0.2, 0.25) is 0 Å². The van der Waals surface area contributed by atoms with Gasteiger partial charge in [-0.05, 0) is 36.4 Å². The topological polar surface area (TPSA) is 59.0 Å². The fourth-order valence-corrected chi connectivity index (χ4v) is 1.63. The number of benzene rings is 2. The minimum absolute atomic E-state index is 0.388. The average Bonchev–Trinajstić information content (AvgIpc) is 2.42. The summed E-state index contributed by atoms with van der Waals surface area (Å²) in [6.07, 6.45) is 0. The van der Waals surface area contributed by atoms with Crippen molar-refractivity contribution in [2.45, 2.75) is 6.92 Å². The van der Waals surface area contributed by atoms with Gasteiger partial charge in [0.1, 0.15) is 5.75 Å². The van der Waals surface area contributed by atoms with Gasteiger partial charge in [0, 0.05) is 6.92 Å². The molecule has 0 aromatic heterocycles. The molecule has 0 N–H and O–H groups in total. The number of nitroso groups, excluding NO2 is 1. The molecule has 0 radical (unpaired) electrons. The molecule has 2 rings (SSSR count). The maximum atomic E-state index is 11.0. The number of nitrogens with zero attached hydrogens (tertiary/aromatic N) is 2. The van der Waals surface area contributed by atoms with Crippen molar-refractivity contribution in [2.24, 2.45) is 5.29 Å². The van der Waals surface area contributed by atoms with Crippen LogP contribution in [0.3, 0.4) is 0 Å². The van der Waals surface area contributed by atoms with E-state index in [1.807, 2.05) is 18.2 Å². The van der Waals surface area contributed by atoms with Crippen molar-refractivity contribution in [1.82, 2.24) is 0 Å². The molecule has 5 nitrogen and oxygen atoms in total. The van der Waals surface area contributed by atoms with Gasteiger partial charge in [-0.2, -0.15) is 5.01 Å². The van der Waals surface area contributed by atoms with Crippen molar-refractivity contribution in [3.05, 3.63) is 59.5 Å². The van der Waals surface area contributed by atoms with Crippen LogP contribution in [0, 0.1) is 4.91 Å². The van der Waals surface area contributed by atoms with Gasteiger partial charge >= 0.3 is 5.97 Å². The van der Waals surface area contributed by atoms with Crippen LogP contribution in [0.4, 0.5) is 11.4 Å². The highest BCUT2D eigenvalue weighted by atomic mass is 16.5. The van der Waals surface area contributed by atoms with Crippen LogP contribution in [0.2, 0.25) is 0 Å². The quantitative estimate of drug-likeness (QED) is 0.364. The van der Waals surface area contributed by atoms with Crippen molar-refractivity contribution in [2.75, 3.05) is 5.01 Å². The van der Waals surface area contributed by atoms with Gasteiger partial charge in [-0.1, -0.05) is 18.2 Å². The number of rotatable bonds is 4. The second-order valence-corrected chi connectivity index (χ2v) is 3.82. The summed E-state index contributed by atoms with van der Waals surface area (Å²) < 4.78 is 4.92. The fourth-order valence-electron chi connectivity index (χ4n) is 1.63. The lowest BCUT2D eigenvalue weighted by Crippen LogP contribution is -2.07. The summed E-state index contributed by atoms with van der Waals surface area (Å²) in [5, 5.41) is 4.26. The highest BCUT2D eigenvalue weighted by molar-refractivity contribution is 5.70. The summed E-state index contributed by atoms with van der Waals surface area (Å²) in [4.78, 5) is 21.8. The number of anilines is 2. The van der Waals surface area contributed by atoms with E-state index in [0.29, 0.717) is 17.1 Å². The molecule has 5 heteroatoms. The molecule has 0 spiro atoms. The highest BCUT2D eigenvalue weighted by Crippen LogP contribution is 2.27. The first-order chi connectivity index (χ1) is 9.20. The predicted octanol–water partition coefficient (Wildman–Crippen LogP) is 3.43. The van der Waals surface area contributed by atoms with E-state index in [1.165, 1.54) is 11.9 Å². The summed E-state index contributed by atoms with van der Waals surface area (Å²) >= 11 is 0. The van der Waals surface area contributed by atoms with E-state index in [-0.39, 0.29) is 5.97 Å². The molecule has 0 unspecified atom stereocenters. The number of carbonyl (C=O) groups is 1. The van der Waals surface area contributed by atoms with Crippen LogP contribution >= 0.6 is 0 Å². The molecule has 0 saturated heterocycles. The normalized spacial score (nSPS) is 9.74. The summed E-state index contributed by atoms with van der Waals surface area (Å²) in [6.45, 7) is 1.33. The van der Waals surface area contributed by atoms with Gasteiger partial charge in [-0.15, -0.1) is 4.91 Å². The van der Waals surface area contributed by atoms with E-state index in [9.17, 15) is 9.70 Å². The molecular formula is C14H12N2O3. The van der Waals surface area contributed by atoms with Crippen molar-refractivity contribution in [3.63, 3.8) is 0 Å². The molecule has 96 valence electrons. The SMILES string of the molecule is CC(=O)Oc1ccc(N(N=O)c2ccccc2)cc1. The largest absolute Gasteiger partial charge is 0.427 e. The Morgan fingerprint density at radius 1 is 1.00 bits per heavy atom. The zero-order valence-corrected chi connectivity index (χ0v) is 10.3. The molecule has 0 aliphatic carbocycles. The number of para-hydroxylation sites is 1. The average molecular weight is 256 g/mol. The minimum atomic E-state index is -0.388. The molecule has 0 amide bonds. The van der Waals surface area contributed by atoms with Gasteiger partial charge in [0.25, 0.3) is 0 Å². The first-order valence-electron chi connectivity index (χ1n) is 5.67. The maximum absolute atomic E-state index is 11.0. The van der Waals surface area contributed by atoms with Crippen LogP contribution in [0.5, 0.6) is 5.75 Å². The number of carbonyl (C=O) groups excluding carboxylic acids is 1. The Hall–Kier alpha value is -2.69. The molecule has 0 saturated carbocycles. The maximum Gasteiger partial charge on any atom is 0.308 e. The van der Waals surface area contributed by atoms with Crippen LogP contribution in [-0.2, 0) is 4.79 Å². The van der Waals surface area contributed by atoms with E-state index >= 15 is 0 Å². The first kappa shape index (κ1) is 12.8. The molecule has 2 aromatic carbocycles. The molecule has 0 atom stereocenters. The predicted molar refractivity (Wildman–Crippen MR) is 72.1 cm³/mol. The zero-order chi connectivity index (χ0) is 13.7. The summed E-state index contributed by atoms with van der Waals surface area (Å²) in [5.74, 6) is 0.0383. The Morgan fingerprint density at radius 2 is 1.58 bits per heavy atom.